The maximum atomic E-state index is 12.9. The smallest absolute Gasteiger partial charge is 0.410 e. The molecule has 2 aromatic carbocycles. The van der Waals surface area contributed by atoms with Crippen LogP contribution in [0, 0.1) is 5.92 Å². The first kappa shape index (κ1) is 30.0. The minimum Gasteiger partial charge on any atom is -0.496 e. The number of fused-ring (bicyclic) bond motifs is 1. The highest BCUT2D eigenvalue weighted by molar-refractivity contribution is 6.04. The van der Waals surface area contributed by atoms with Gasteiger partial charge < -0.3 is 30.2 Å². The van der Waals surface area contributed by atoms with Gasteiger partial charge in [0, 0.05) is 25.2 Å². The quantitative estimate of drug-likeness (QED) is 0.362. The van der Waals surface area contributed by atoms with Crippen molar-refractivity contribution in [3.63, 3.8) is 0 Å². The van der Waals surface area contributed by atoms with Crippen LogP contribution >= 0.6 is 0 Å². The molecule has 1 fully saturated rings. The molecule has 2 aliphatic rings. The third-order valence-electron chi connectivity index (χ3n) is 8.14. The van der Waals surface area contributed by atoms with E-state index in [1.807, 2.05) is 67.9 Å². The van der Waals surface area contributed by atoms with Crippen molar-refractivity contribution < 1.29 is 23.8 Å². The molecule has 3 heterocycles. The van der Waals surface area contributed by atoms with Crippen molar-refractivity contribution in [3.05, 3.63) is 65.7 Å². The first-order valence-electron chi connectivity index (χ1n) is 14.7. The first-order chi connectivity index (χ1) is 20.5. The Bertz CT molecular complexity index is 1490. The van der Waals surface area contributed by atoms with Gasteiger partial charge in [-0.05, 0) is 69.2 Å². The van der Waals surface area contributed by atoms with Crippen LogP contribution in [0.1, 0.15) is 67.6 Å². The molecule has 2 aliphatic heterocycles. The molecule has 3 aromatic rings. The molecule has 0 aliphatic carbocycles. The summed E-state index contributed by atoms with van der Waals surface area (Å²) in [5.74, 6) is 1.41. The zero-order valence-electron chi connectivity index (χ0n) is 25.6. The number of aromatic nitrogens is 2. The first-order valence-corrected chi connectivity index (χ1v) is 14.7. The van der Waals surface area contributed by atoms with E-state index in [4.69, 9.17) is 25.0 Å². The predicted octanol–water partition coefficient (Wildman–Crippen LogP) is 5.73. The Kier molecular flexibility index (Phi) is 8.39. The van der Waals surface area contributed by atoms with Crippen LogP contribution in [-0.2, 0) is 4.74 Å². The summed E-state index contributed by atoms with van der Waals surface area (Å²) in [7, 11) is 3.18. The number of nitrogens with one attached hydrogen (secondary N) is 1. The van der Waals surface area contributed by atoms with Crippen molar-refractivity contribution in [2.75, 3.05) is 39.2 Å². The van der Waals surface area contributed by atoms with Crippen molar-refractivity contribution in [1.82, 2.24) is 14.7 Å². The lowest BCUT2D eigenvalue weighted by Gasteiger charge is -2.38. The van der Waals surface area contributed by atoms with E-state index < -0.39 is 11.5 Å². The van der Waals surface area contributed by atoms with Gasteiger partial charge in [-0.1, -0.05) is 36.9 Å². The number of ether oxygens (including phenoxy) is 3. The molecule has 5 rings (SSSR count). The molecule has 1 aromatic heterocycles. The summed E-state index contributed by atoms with van der Waals surface area (Å²) in [5, 5.41) is 8.37. The Balaban J connectivity index is 1.49. The number of rotatable bonds is 7. The van der Waals surface area contributed by atoms with E-state index in [-0.39, 0.29) is 18.1 Å². The van der Waals surface area contributed by atoms with Gasteiger partial charge in [-0.2, -0.15) is 5.10 Å². The zero-order valence-corrected chi connectivity index (χ0v) is 25.6. The number of benzene rings is 2. The van der Waals surface area contributed by atoms with Crippen molar-refractivity contribution in [3.8, 4) is 22.8 Å². The molecule has 2 amide bonds. The number of amides is 2. The maximum absolute atomic E-state index is 12.9. The fraction of sp³-hybridized carbons (Fsp3) is 0.424. The molecular weight excluding hydrogens is 546 g/mol. The Morgan fingerprint density at radius 2 is 1.63 bits per heavy atom. The van der Waals surface area contributed by atoms with Crippen molar-refractivity contribution in [1.29, 1.82) is 0 Å². The Morgan fingerprint density at radius 3 is 2.19 bits per heavy atom. The number of carbonyl (C=O) groups is 2. The highest BCUT2D eigenvalue weighted by Crippen LogP contribution is 2.44. The SMILES string of the molecule is C=C(c1ccccc1)c1c(OC)cc(-c2nn3c(c2C(N)=O)NCCC3C2CCN(C(=O)OC(C)(C)C)CC2)cc1OC. The lowest BCUT2D eigenvalue weighted by atomic mass is 9.87. The Morgan fingerprint density at radius 1 is 1.00 bits per heavy atom. The summed E-state index contributed by atoms with van der Waals surface area (Å²) in [5.41, 5.74) is 9.28. The van der Waals surface area contributed by atoms with Crippen LogP contribution in [0.4, 0.5) is 10.6 Å². The minimum atomic E-state index is -0.570. The molecule has 0 spiro atoms. The number of carbonyl (C=O) groups excluding carboxylic acids is 2. The molecule has 1 unspecified atom stereocenters. The molecule has 43 heavy (non-hydrogen) atoms. The van der Waals surface area contributed by atoms with Crippen molar-refractivity contribution >= 4 is 23.4 Å². The standard InChI is InChI=1S/C33H41N5O5/c1-20(21-10-8-7-9-11-21)27-25(41-5)18-23(19-26(27)42-6)29-28(30(34)39)31-35-15-12-24(38(31)36-29)22-13-16-37(17-14-22)32(40)43-33(2,3)4/h7-11,18-19,22,24,35H,1,12-17H2,2-6H3,(H2,34,39). The van der Waals surface area contributed by atoms with Crippen LogP contribution in [0.3, 0.4) is 0 Å². The van der Waals surface area contributed by atoms with Gasteiger partial charge in [-0.3, -0.25) is 4.79 Å². The third-order valence-corrected chi connectivity index (χ3v) is 8.14. The number of primary amides is 1. The number of nitrogens with zero attached hydrogens (tertiary/aromatic N) is 3. The molecule has 1 atom stereocenters. The molecular formula is C33H41N5O5. The van der Waals surface area contributed by atoms with Crippen LogP contribution in [0.5, 0.6) is 11.5 Å². The number of piperidine rings is 1. The second-order valence-electron chi connectivity index (χ2n) is 12.1. The number of hydrogen-bond acceptors (Lipinski definition) is 7. The Hall–Kier alpha value is -4.47. The Labute approximate surface area is 252 Å². The van der Waals surface area contributed by atoms with Crippen LogP contribution in [0.25, 0.3) is 16.8 Å². The zero-order chi connectivity index (χ0) is 30.9. The minimum absolute atomic E-state index is 0.0461. The molecule has 0 bridgehead atoms. The fourth-order valence-corrected chi connectivity index (χ4v) is 6.10. The summed E-state index contributed by atoms with van der Waals surface area (Å²) >= 11 is 0. The van der Waals surface area contributed by atoms with Gasteiger partial charge in [0.25, 0.3) is 5.91 Å². The molecule has 3 N–H and O–H groups in total. The highest BCUT2D eigenvalue weighted by atomic mass is 16.6. The molecule has 228 valence electrons. The summed E-state index contributed by atoms with van der Waals surface area (Å²) < 4.78 is 19.1. The van der Waals surface area contributed by atoms with E-state index in [0.29, 0.717) is 53.8 Å². The van der Waals surface area contributed by atoms with Crippen LogP contribution in [0.15, 0.2) is 49.0 Å². The lowest BCUT2D eigenvalue weighted by Crippen LogP contribution is -2.43. The number of hydrogen-bond donors (Lipinski definition) is 2. The topological polar surface area (TPSA) is 121 Å². The third kappa shape index (κ3) is 6.04. The average molecular weight is 588 g/mol. The molecule has 1 saturated heterocycles. The van der Waals surface area contributed by atoms with Gasteiger partial charge in [0.15, 0.2) is 0 Å². The number of nitrogens with two attached hydrogens (primary N) is 1. The van der Waals surface area contributed by atoms with Crippen molar-refractivity contribution in [2.45, 2.75) is 51.7 Å². The summed E-state index contributed by atoms with van der Waals surface area (Å²) in [6.45, 7) is 11.8. The highest BCUT2D eigenvalue weighted by Gasteiger charge is 2.37. The lowest BCUT2D eigenvalue weighted by molar-refractivity contribution is 0.0157. The number of likely N-dealkylation sites (tertiary alicyclic amines) is 1. The summed E-state index contributed by atoms with van der Waals surface area (Å²) in [4.78, 5) is 27.3. The predicted molar refractivity (Wildman–Crippen MR) is 167 cm³/mol. The number of anilines is 1. The van der Waals surface area contributed by atoms with Gasteiger partial charge in [0.05, 0.1) is 25.8 Å². The van der Waals surface area contributed by atoms with Crippen molar-refractivity contribution in [2.24, 2.45) is 11.7 Å². The van der Waals surface area contributed by atoms with Gasteiger partial charge >= 0.3 is 6.09 Å². The fourth-order valence-electron chi connectivity index (χ4n) is 6.10. The van der Waals surface area contributed by atoms with E-state index >= 15 is 0 Å². The van der Waals surface area contributed by atoms with Gasteiger partial charge in [-0.15, -0.1) is 0 Å². The van der Waals surface area contributed by atoms with E-state index in [1.165, 1.54) is 0 Å². The molecule has 0 saturated carbocycles. The molecule has 0 radical (unpaired) electrons. The monoisotopic (exact) mass is 587 g/mol. The van der Waals surface area contributed by atoms with Crippen LogP contribution in [0.2, 0.25) is 0 Å². The van der Waals surface area contributed by atoms with E-state index in [1.54, 1.807) is 19.1 Å². The van der Waals surface area contributed by atoms with Gasteiger partial charge in [0.2, 0.25) is 0 Å². The summed E-state index contributed by atoms with van der Waals surface area (Å²) in [6, 6.07) is 13.6. The number of methoxy groups -OCH3 is 2. The summed E-state index contributed by atoms with van der Waals surface area (Å²) in [6.07, 6.45) is 2.17. The largest absolute Gasteiger partial charge is 0.496 e. The van der Waals surface area contributed by atoms with E-state index in [0.717, 1.165) is 36.0 Å². The second kappa shape index (κ2) is 12.0. The average Bonchev–Trinajstić information content (AvgIpc) is 3.40. The van der Waals surface area contributed by atoms with Gasteiger partial charge in [0.1, 0.15) is 34.2 Å². The van der Waals surface area contributed by atoms with E-state index in [9.17, 15) is 9.59 Å². The van der Waals surface area contributed by atoms with Gasteiger partial charge in [-0.25, -0.2) is 9.48 Å². The van der Waals surface area contributed by atoms with Crippen LogP contribution < -0.4 is 20.5 Å². The second-order valence-corrected chi connectivity index (χ2v) is 12.1. The van der Waals surface area contributed by atoms with E-state index in [2.05, 4.69) is 11.9 Å². The normalized spacial score (nSPS) is 17.0. The molecule has 10 nitrogen and oxygen atoms in total. The maximum Gasteiger partial charge on any atom is 0.410 e. The molecule has 10 heteroatoms. The van der Waals surface area contributed by atoms with Crippen LogP contribution in [-0.4, -0.2) is 66.1 Å².